The quantitative estimate of drug-likeness (QED) is 0.484. The number of pyridine rings is 1. The first-order valence-electron chi connectivity index (χ1n) is 9.66. The van der Waals surface area contributed by atoms with Gasteiger partial charge in [0, 0.05) is 28.4 Å². The molecule has 4 heterocycles. The van der Waals surface area contributed by atoms with Crippen LogP contribution in [0.25, 0.3) is 22.4 Å². The molecular weight excluding hydrogens is 384 g/mol. The minimum absolute atomic E-state index is 0.0392. The highest BCUT2D eigenvalue weighted by molar-refractivity contribution is 7.10. The van der Waals surface area contributed by atoms with Gasteiger partial charge in [-0.2, -0.15) is 0 Å². The Morgan fingerprint density at radius 2 is 2.07 bits per heavy atom. The Balaban J connectivity index is 1.48. The topological polar surface area (TPSA) is 72.1 Å². The standard InChI is InChI=1S/C22H20N4O2S/c1-13-14(2)29-12-17(13)22(27)26-11-5-8-18(26)20-24-25-21(28-20)19-16-7-4-3-6-15(16)9-10-23-19/h3-4,6-7,9-10,12,18H,5,8,11H2,1-2H3/t18-/m0/s1. The molecule has 1 amide bonds. The second-order valence-electron chi connectivity index (χ2n) is 7.31. The molecule has 0 N–H and O–H groups in total. The Morgan fingerprint density at radius 1 is 1.21 bits per heavy atom. The van der Waals surface area contributed by atoms with Crippen molar-refractivity contribution in [3.05, 3.63) is 63.8 Å². The van der Waals surface area contributed by atoms with Gasteiger partial charge < -0.3 is 9.32 Å². The van der Waals surface area contributed by atoms with E-state index in [1.54, 1.807) is 17.5 Å². The van der Waals surface area contributed by atoms with Crippen molar-refractivity contribution in [1.29, 1.82) is 0 Å². The van der Waals surface area contributed by atoms with Crippen LogP contribution >= 0.6 is 11.3 Å². The molecule has 1 saturated heterocycles. The summed E-state index contributed by atoms with van der Waals surface area (Å²) in [4.78, 5) is 20.6. The van der Waals surface area contributed by atoms with Crippen molar-refractivity contribution in [2.24, 2.45) is 0 Å². The molecule has 146 valence electrons. The van der Waals surface area contributed by atoms with E-state index >= 15 is 0 Å². The highest BCUT2D eigenvalue weighted by atomic mass is 32.1. The Morgan fingerprint density at radius 3 is 2.90 bits per heavy atom. The number of thiophene rings is 1. The maximum atomic E-state index is 13.1. The first-order chi connectivity index (χ1) is 14.1. The van der Waals surface area contributed by atoms with Gasteiger partial charge in [0.25, 0.3) is 11.8 Å². The number of aromatic nitrogens is 3. The lowest BCUT2D eigenvalue weighted by atomic mass is 10.1. The number of nitrogens with zero attached hydrogens (tertiary/aromatic N) is 4. The highest BCUT2D eigenvalue weighted by Gasteiger charge is 2.35. The summed E-state index contributed by atoms with van der Waals surface area (Å²) in [5, 5.41) is 12.5. The molecule has 1 aromatic carbocycles. The molecule has 1 aliphatic rings. The van der Waals surface area contributed by atoms with E-state index in [-0.39, 0.29) is 11.9 Å². The number of carbonyl (C=O) groups is 1. The van der Waals surface area contributed by atoms with Crippen molar-refractivity contribution in [1.82, 2.24) is 20.1 Å². The monoisotopic (exact) mass is 404 g/mol. The first-order valence-corrected chi connectivity index (χ1v) is 10.5. The van der Waals surface area contributed by atoms with E-state index in [1.165, 1.54) is 4.88 Å². The number of rotatable bonds is 3. The molecule has 4 aromatic rings. The molecule has 6 nitrogen and oxygen atoms in total. The second-order valence-corrected chi connectivity index (χ2v) is 8.40. The molecule has 0 bridgehead atoms. The fourth-order valence-corrected chi connectivity index (χ4v) is 4.76. The van der Waals surface area contributed by atoms with Gasteiger partial charge in [0.2, 0.25) is 5.89 Å². The van der Waals surface area contributed by atoms with Crippen LogP contribution in [-0.2, 0) is 0 Å². The fourth-order valence-electron chi connectivity index (χ4n) is 3.90. The molecule has 0 saturated carbocycles. The summed E-state index contributed by atoms with van der Waals surface area (Å²) in [6.07, 6.45) is 3.48. The smallest absolute Gasteiger partial charge is 0.267 e. The zero-order chi connectivity index (χ0) is 20.0. The Kier molecular flexibility index (Phi) is 4.39. The van der Waals surface area contributed by atoms with Crippen LogP contribution in [-0.4, -0.2) is 32.5 Å². The van der Waals surface area contributed by atoms with Crippen LogP contribution in [0, 0.1) is 13.8 Å². The predicted molar refractivity (Wildman–Crippen MR) is 112 cm³/mol. The Hall–Kier alpha value is -3.06. The van der Waals surface area contributed by atoms with Crippen LogP contribution in [0.4, 0.5) is 0 Å². The SMILES string of the molecule is Cc1scc(C(=O)N2CCC[C@H]2c2nnc(-c3nccc4ccccc34)o2)c1C. The van der Waals surface area contributed by atoms with Gasteiger partial charge in [-0.25, -0.2) is 0 Å². The van der Waals surface area contributed by atoms with Gasteiger partial charge in [0.1, 0.15) is 11.7 Å². The van der Waals surface area contributed by atoms with Gasteiger partial charge in [-0.3, -0.25) is 9.78 Å². The second kappa shape index (κ2) is 7.08. The van der Waals surface area contributed by atoms with Crippen molar-refractivity contribution in [2.45, 2.75) is 32.7 Å². The summed E-state index contributed by atoms with van der Waals surface area (Å²) in [6.45, 7) is 4.74. The average molecular weight is 404 g/mol. The summed E-state index contributed by atoms with van der Waals surface area (Å²) in [7, 11) is 0. The van der Waals surface area contributed by atoms with Crippen LogP contribution < -0.4 is 0 Å². The van der Waals surface area contributed by atoms with Gasteiger partial charge >= 0.3 is 0 Å². The van der Waals surface area contributed by atoms with Crippen LogP contribution in [0.2, 0.25) is 0 Å². The molecule has 29 heavy (non-hydrogen) atoms. The number of hydrogen-bond donors (Lipinski definition) is 0. The van der Waals surface area contributed by atoms with Crippen molar-refractivity contribution in [3.63, 3.8) is 0 Å². The molecule has 0 aliphatic carbocycles. The third-order valence-electron chi connectivity index (χ3n) is 5.63. The number of benzene rings is 1. The molecule has 0 radical (unpaired) electrons. The lowest BCUT2D eigenvalue weighted by molar-refractivity contribution is 0.0715. The van der Waals surface area contributed by atoms with Crippen molar-refractivity contribution >= 4 is 28.0 Å². The van der Waals surface area contributed by atoms with E-state index in [0.29, 0.717) is 24.0 Å². The minimum Gasteiger partial charge on any atom is -0.417 e. The number of aryl methyl sites for hydroxylation is 1. The maximum absolute atomic E-state index is 13.1. The molecule has 1 fully saturated rings. The van der Waals surface area contributed by atoms with Gasteiger partial charge in [-0.15, -0.1) is 21.5 Å². The summed E-state index contributed by atoms with van der Waals surface area (Å²) in [5.74, 6) is 0.904. The Bertz CT molecular complexity index is 1210. The van der Waals surface area contributed by atoms with Crippen LogP contribution in [0.5, 0.6) is 0 Å². The van der Waals surface area contributed by atoms with Crippen LogP contribution in [0.1, 0.15) is 45.6 Å². The number of amides is 1. The molecule has 5 rings (SSSR count). The summed E-state index contributed by atoms with van der Waals surface area (Å²) < 4.78 is 6.04. The van der Waals surface area contributed by atoms with E-state index in [2.05, 4.69) is 15.2 Å². The van der Waals surface area contributed by atoms with Crippen molar-refractivity contribution in [2.75, 3.05) is 6.54 Å². The lowest BCUT2D eigenvalue weighted by Gasteiger charge is -2.22. The minimum atomic E-state index is -0.196. The summed E-state index contributed by atoms with van der Waals surface area (Å²) in [5.41, 5.74) is 2.49. The molecular formula is C22H20N4O2S. The summed E-state index contributed by atoms with van der Waals surface area (Å²) >= 11 is 1.61. The van der Waals surface area contributed by atoms with E-state index < -0.39 is 0 Å². The maximum Gasteiger partial charge on any atom is 0.267 e. The zero-order valence-corrected chi connectivity index (χ0v) is 17.1. The Labute approximate surface area is 172 Å². The van der Waals surface area contributed by atoms with Crippen LogP contribution in [0.3, 0.4) is 0 Å². The number of fused-ring (bicyclic) bond motifs is 1. The lowest BCUT2D eigenvalue weighted by Crippen LogP contribution is -2.30. The van der Waals surface area contributed by atoms with E-state index in [0.717, 1.165) is 34.7 Å². The van der Waals surface area contributed by atoms with E-state index in [9.17, 15) is 4.79 Å². The van der Waals surface area contributed by atoms with E-state index in [1.807, 2.05) is 54.5 Å². The molecule has 1 atom stereocenters. The number of carbonyl (C=O) groups excluding carboxylic acids is 1. The predicted octanol–water partition coefficient (Wildman–Crippen LogP) is 4.94. The molecule has 0 spiro atoms. The van der Waals surface area contributed by atoms with Gasteiger partial charge in [0.15, 0.2) is 0 Å². The third-order valence-corrected chi connectivity index (χ3v) is 6.64. The first kappa shape index (κ1) is 18.0. The number of hydrogen-bond acceptors (Lipinski definition) is 6. The summed E-state index contributed by atoms with van der Waals surface area (Å²) in [6, 6.07) is 9.74. The van der Waals surface area contributed by atoms with Gasteiger partial charge in [-0.05, 0) is 43.7 Å². The highest BCUT2D eigenvalue weighted by Crippen LogP contribution is 2.35. The van der Waals surface area contributed by atoms with Crippen molar-refractivity contribution < 1.29 is 9.21 Å². The average Bonchev–Trinajstić information content (AvgIpc) is 3.48. The molecule has 0 unspecified atom stereocenters. The normalized spacial score (nSPS) is 16.6. The van der Waals surface area contributed by atoms with Crippen LogP contribution in [0.15, 0.2) is 46.3 Å². The zero-order valence-electron chi connectivity index (χ0n) is 16.3. The molecule has 1 aliphatic heterocycles. The largest absolute Gasteiger partial charge is 0.417 e. The van der Waals surface area contributed by atoms with Gasteiger partial charge in [-0.1, -0.05) is 24.3 Å². The fraction of sp³-hybridized carbons (Fsp3) is 0.273. The number of likely N-dealkylation sites (tertiary alicyclic amines) is 1. The van der Waals surface area contributed by atoms with Gasteiger partial charge in [0.05, 0.1) is 5.56 Å². The van der Waals surface area contributed by atoms with E-state index in [4.69, 9.17) is 4.42 Å². The molecule has 7 heteroatoms. The third kappa shape index (κ3) is 3.02. The molecule has 3 aromatic heterocycles. The van der Waals surface area contributed by atoms with Crippen molar-refractivity contribution in [3.8, 4) is 11.6 Å².